The fourth-order valence-electron chi connectivity index (χ4n) is 4.25. The van der Waals surface area contributed by atoms with Crippen molar-refractivity contribution in [2.45, 2.75) is 25.7 Å². The summed E-state index contributed by atoms with van der Waals surface area (Å²) in [5.74, 6) is -0.538. The van der Waals surface area contributed by atoms with Crippen LogP contribution in [0.25, 0.3) is 10.9 Å². The highest BCUT2D eigenvalue weighted by Crippen LogP contribution is 2.37. The zero-order valence-corrected chi connectivity index (χ0v) is 17.0. The number of carbonyl (C=O) groups is 2. The molecule has 0 fully saturated rings. The second kappa shape index (κ2) is 8.24. The Morgan fingerprint density at radius 3 is 2.87 bits per heavy atom. The van der Waals surface area contributed by atoms with E-state index < -0.39 is 11.3 Å². The third-order valence-electron chi connectivity index (χ3n) is 6.22. The number of anilines is 1. The summed E-state index contributed by atoms with van der Waals surface area (Å²) >= 11 is 0. The molecule has 0 saturated heterocycles. The number of rotatable bonds is 6. The highest BCUT2D eigenvalue weighted by Gasteiger charge is 2.34. The fourth-order valence-corrected chi connectivity index (χ4v) is 4.25. The minimum atomic E-state index is -0.538. The van der Waals surface area contributed by atoms with Gasteiger partial charge in [-0.1, -0.05) is 24.3 Å². The van der Waals surface area contributed by atoms with Crippen LogP contribution in [0.2, 0.25) is 0 Å². The van der Waals surface area contributed by atoms with Gasteiger partial charge in [-0.15, -0.1) is 0 Å². The number of aryl methyl sites for hydroxylation is 1. The second-order valence-corrected chi connectivity index (χ2v) is 8.14. The molecule has 0 spiro atoms. The van der Waals surface area contributed by atoms with E-state index in [9.17, 15) is 9.59 Å². The van der Waals surface area contributed by atoms with E-state index >= 15 is 0 Å². The molecular formula is C24H25N3O3. The van der Waals surface area contributed by atoms with Gasteiger partial charge in [-0.05, 0) is 61.1 Å². The second-order valence-electron chi connectivity index (χ2n) is 8.14. The Labute approximate surface area is 175 Å². The number of fused-ring (bicyclic) bond motifs is 2. The molecular weight excluding hydrogens is 378 g/mol. The van der Waals surface area contributed by atoms with Gasteiger partial charge in [0.05, 0.1) is 17.4 Å². The Morgan fingerprint density at radius 2 is 2.07 bits per heavy atom. The molecule has 1 aliphatic rings. The molecule has 0 unspecified atom stereocenters. The number of para-hydroxylation sites is 1. The summed E-state index contributed by atoms with van der Waals surface area (Å²) in [5.41, 5.74) is 5.76. The average molecular weight is 403 g/mol. The Kier molecular flexibility index (Phi) is 5.50. The number of benzene rings is 2. The molecule has 0 saturated carbocycles. The van der Waals surface area contributed by atoms with Crippen LogP contribution < -0.4 is 10.4 Å². The highest BCUT2D eigenvalue weighted by molar-refractivity contribution is 5.93. The van der Waals surface area contributed by atoms with Gasteiger partial charge >= 0.3 is 0 Å². The molecule has 1 aliphatic carbocycles. The number of hydrogen-bond donors (Lipinski definition) is 2. The van der Waals surface area contributed by atoms with Crippen molar-refractivity contribution in [1.82, 2.24) is 10.5 Å². The first-order valence-electron chi connectivity index (χ1n) is 10.1. The largest absolute Gasteiger partial charge is 0.373 e. The predicted octanol–water partition coefficient (Wildman–Crippen LogP) is 3.55. The molecule has 6 heteroatoms. The quantitative estimate of drug-likeness (QED) is 0.374. The van der Waals surface area contributed by atoms with E-state index in [-0.39, 0.29) is 0 Å². The zero-order valence-electron chi connectivity index (χ0n) is 17.0. The first-order valence-corrected chi connectivity index (χ1v) is 10.1. The van der Waals surface area contributed by atoms with Crippen molar-refractivity contribution in [3.63, 3.8) is 0 Å². The van der Waals surface area contributed by atoms with Crippen LogP contribution in [0.4, 0.5) is 5.69 Å². The highest BCUT2D eigenvalue weighted by atomic mass is 16.5. The third kappa shape index (κ3) is 3.91. The maximum absolute atomic E-state index is 12.1. The van der Waals surface area contributed by atoms with Gasteiger partial charge in [-0.2, -0.15) is 0 Å². The third-order valence-corrected chi connectivity index (χ3v) is 6.22. The van der Waals surface area contributed by atoms with Gasteiger partial charge in [-0.3, -0.25) is 15.0 Å². The molecule has 4 rings (SSSR count). The molecule has 6 nitrogen and oxygen atoms in total. The van der Waals surface area contributed by atoms with Crippen LogP contribution in [0.15, 0.2) is 54.7 Å². The van der Waals surface area contributed by atoms with E-state index in [0.29, 0.717) is 12.0 Å². The average Bonchev–Trinajstić information content (AvgIpc) is 2.81. The number of hydroxylamine groups is 1. The van der Waals surface area contributed by atoms with E-state index in [1.807, 2.05) is 43.6 Å². The summed E-state index contributed by atoms with van der Waals surface area (Å²) in [5, 5.41) is 9.99. The van der Waals surface area contributed by atoms with Crippen LogP contribution in [-0.2, 0) is 17.6 Å². The van der Waals surface area contributed by atoms with E-state index in [4.69, 9.17) is 5.21 Å². The van der Waals surface area contributed by atoms with Crippen LogP contribution in [0.3, 0.4) is 0 Å². The summed E-state index contributed by atoms with van der Waals surface area (Å²) in [6.45, 7) is 0.727. The van der Waals surface area contributed by atoms with Crippen molar-refractivity contribution >= 4 is 28.8 Å². The van der Waals surface area contributed by atoms with E-state index in [2.05, 4.69) is 16.0 Å². The van der Waals surface area contributed by atoms with Gasteiger partial charge in [0.25, 0.3) is 5.91 Å². The van der Waals surface area contributed by atoms with Crippen LogP contribution >= 0.6 is 0 Å². The molecule has 0 aliphatic heterocycles. The summed E-state index contributed by atoms with van der Waals surface area (Å²) in [7, 11) is 2.02. The van der Waals surface area contributed by atoms with Crippen molar-refractivity contribution in [1.29, 1.82) is 0 Å². The lowest BCUT2D eigenvalue weighted by Gasteiger charge is -2.35. The van der Waals surface area contributed by atoms with Crippen LogP contribution in [-0.4, -0.2) is 36.0 Å². The van der Waals surface area contributed by atoms with Gasteiger partial charge in [0.1, 0.15) is 6.29 Å². The topological polar surface area (TPSA) is 82.5 Å². The van der Waals surface area contributed by atoms with E-state index in [1.165, 1.54) is 0 Å². The first kappa shape index (κ1) is 20.0. The standard InChI is InChI=1S/C24H25N3O3/c1-27(21-13-18-4-2-3-5-22(18)25-15-21)11-10-24(16-28)9-8-17-6-7-19(23(29)26-30)12-20(17)14-24/h2-7,12-13,15-16,30H,8-11,14H2,1H3,(H,26,29)/t24-/m0/s1. The van der Waals surface area contributed by atoms with E-state index in [0.717, 1.165) is 59.8 Å². The summed E-state index contributed by atoms with van der Waals surface area (Å²) in [6, 6.07) is 15.5. The number of carbonyl (C=O) groups excluding carboxylic acids is 2. The predicted molar refractivity (Wildman–Crippen MR) is 116 cm³/mol. The van der Waals surface area contributed by atoms with Crippen LogP contribution in [0.5, 0.6) is 0 Å². The summed E-state index contributed by atoms with van der Waals surface area (Å²) < 4.78 is 0. The Morgan fingerprint density at radius 1 is 1.23 bits per heavy atom. The Hall–Kier alpha value is -3.25. The Bertz CT molecular complexity index is 1100. The smallest absolute Gasteiger partial charge is 0.274 e. The van der Waals surface area contributed by atoms with Gasteiger partial charge < -0.3 is 9.69 Å². The lowest BCUT2D eigenvalue weighted by atomic mass is 9.70. The van der Waals surface area contributed by atoms with Gasteiger partial charge in [-0.25, -0.2) is 5.48 Å². The first-order chi connectivity index (χ1) is 14.5. The molecule has 3 aromatic rings. The number of aldehydes is 1. The minimum absolute atomic E-state index is 0.400. The normalized spacial score (nSPS) is 17.9. The summed E-state index contributed by atoms with van der Waals surface area (Å²) in [4.78, 5) is 30.6. The lowest BCUT2D eigenvalue weighted by molar-refractivity contribution is -0.117. The zero-order chi connectivity index (χ0) is 21.1. The number of hydrogen-bond acceptors (Lipinski definition) is 5. The number of nitrogens with one attached hydrogen (secondary N) is 1. The molecule has 30 heavy (non-hydrogen) atoms. The minimum Gasteiger partial charge on any atom is -0.373 e. The van der Waals surface area contributed by atoms with Crippen LogP contribution in [0, 0.1) is 5.41 Å². The lowest BCUT2D eigenvalue weighted by Crippen LogP contribution is -2.35. The maximum atomic E-state index is 12.1. The molecule has 1 aromatic heterocycles. The fraction of sp³-hybridized carbons (Fsp3) is 0.292. The molecule has 0 bridgehead atoms. The molecule has 1 heterocycles. The number of aromatic nitrogens is 1. The number of pyridine rings is 1. The van der Waals surface area contributed by atoms with Crippen LogP contribution in [0.1, 0.15) is 34.3 Å². The van der Waals surface area contributed by atoms with Crippen molar-refractivity contribution < 1.29 is 14.8 Å². The number of amides is 1. The molecule has 1 atom stereocenters. The Balaban J connectivity index is 1.50. The van der Waals surface area contributed by atoms with E-state index in [1.54, 1.807) is 17.6 Å². The number of nitrogens with zero attached hydrogens (tertiary/aromatic N) is 2. The van der Waals surface area contributed by atoms with Gasteiger partial charge in [0.2, 0.25) is 0 Å². The van der Waals surface area contributed by atoms with Gasteiger partial charge in [0.15, 0.2) is 0 Å². The molecule has 2 aromatic carbocycles. The van der Waals surface area contributed by atoms with Crippen molar-refractivity contribution in [2.24, 2.45) is 5.41 Å². The maximum Gasteiger partial charge on any atom is 0.274 e. The van der Waals surface area contributed by atoms with Crippen molar-refractivity contribution in [2.75, 3.05) is 18.5 Å². The SMILES string of the molecule is CN(CC[C@@]1(C=O)CCc2ccc(C(=O)NO)cc2C1)c1cnc2ccccc2c1. The summed E-state index contributed by atoms with van der Waals surface area (Å²) in [6.07, 6.45) is 5.86. The monoisotopic (exact) mass is 403 g/mol. The molecule has 2 N–H and O–H groups in total. The molecule has 0 radical (unpaired) electrons. The van der Waals surface area contributed by atoms with Gasteiger partial charge in [0, 0.05) is 30.0 Å². The van der Waals surface area contributed by atoms with Crippen molar-refractivity contribution in [3.8, 4) is 0 Å². The van der Waals surface area contributed by atoms with Crippen molar-refractivity contribution in [3.05, 3.63) is 71.4 Å². The molecule has 154 valence electrons. The molecule has 1 amide bonds.